The van der Waals surface area contributed by atoms with Crippen LogP contribution >= 0.6 is 15.9 Å². The predicted molar refractivity (Wildman–Crippen MR) is 64.7 cm³/mol. The van der Waals surface area contributed by atoms with Crippen LogP contribution in [-0.2, 0) is 0 Å². The second kappa shape index (κ2) is 3.28. The van der Waals surface area contributed by atoms with E-state index in [-0.39, 0.29) is 0 Å². The minimum absolute atomic E-state index is 0.947. The molecule has 0 fully saturated rings. The van der Waals surface area contributed by atoms with Crippen LogP contribution in [-0.4, -0.2) is 9.97 Å². The number of fused-ring (bicyclic) bond motifs is 3. The van der Waals surface area contributed by atoms with Gasteiger partial charge in [0.15, 0.2) is 0 Å². The van der Waals surface area contributed by atoms with Gasteiger partial charge in [0.25, 0.3) is 0 Å². The first-order valence-electron chi connectivity index (χ1n) is 4.64. The topological polar surface area (TPSA) is 25.8 Å². The summed E-state index contributed by atoms with van der Waals surface area (Å²) < 4.78 is 1.06. The van der Waals surface area contributed by atoms with E-state index in [4.69, 9.17) is 0 Å². The van der Waals surface area contributed by atoms with Crippen molar-refractivity contribution in [3.63, 3.8) is 0 Å². The molecule has 2 aromatic heterocycles. The fourth-order valence-electron chi connectivity index (χ4n) is 1.73. The molecule has 0 bridgehead atoms. The van der Waals surface area contributed by atoms with E-state index in [1.165, 1.54) is 0 Å². The highest BCUT2D eigenvalue weighted by Crippen LogP contribution is 2.28. The van der Waals surface area contributed by atoms with E-state index in [0.717, 1.165) is 26.3 Å². The van der Waals surface area contributed by atoms with Crippen LogP contribution in [0.2, 0.25) is 0 Å². The maximum atomic E-state index is 4.38. The smallest absolute Gasteiger partial charge is 0.0975 e. The second-order valence-corrected chi connectivity index (χ2v) is 4.19. The van der Waals surface area contributed by atoms with Gasteiger partial charge in [-0.05, 0) is 18.2 Å². The summed E-state index contributed by atoms with van der Waals surface area (Å²) in [5, 5.41) is 2.21. The zero-order chi connectivity index (χ0) is 10.3. The van der Waals surface area contributed by atoms with Crippen LogP contribution in [0.4, 0.5) is 0 Å². The molecule has 0 aliphatic carbocycles. The van der Waals surface area contributed by atoms with Gasteiger partial charge in [-0.25, -0.2) is 0 Å². The molecule has 3 rings (SSSR count). The Hall–Kier alpha value is -1.48. The summed E-state index contributed by atoms with van der Waals surface area (Å²) in [5.74, 6) is 0. The molecule has 2 nitrogen and oxygen atoms in total. The lowest BCUT2D eigenvalue weighted by molar-refractivity contribution is 1.37. The molecule has 3 heteroatoms. The van der Waals surface area contributed by atoms with E-state index in [1.807, 2.05) is 24.3 Å². The minimum atomic E-state index is 0.947. The monoisotopic (exact) mass is 258 g/mol. The molecule has 15 heavy (non-hydrogen) atoms. The van der Waals surface area contributed by atoms with Gasteiger partial charge in [0.1, 0.15) is 0 Å². The average Bonchev–Trinajstić information content (AvgIpc) is 2.30. The van der Waals surface area contributed by atoms with Crippen LogP contribution in [0, 0.1) is 0 Å². The molecule has 72 valence electrons. The van der Waals surface area contributed by atoms with Gasteiger partial charge in [-0.1, -0.05) is 28.1 Å². The molecule has 0 N–H and O–H groups in total. The Kier molecular flexibility index (Phi) is 1.92. The van der Waals surface area contributed by atoms with Crippen molar-refractivity contribution in [1.29, 1.82) is 0 Å². The summed E-state index contributed by atoms with van der Waals surface area (Å²) in [5.41, 5.74) is 1.90. The number of hydrogen-bond donors (Lipinski definition) is 0. The molecular weight excluding hydrogens is 252 g/mol. The van der Waals surface area contributed by atoms with Crippen molar-refractivity contribution in [3.05, 3.63) is 47.2 Å². The van der Waals surface area contributed by atoms with Crippen LogP contribution in [0.1, 0.15) is 0 Å². The maximum Gasteiger partial charge on any atom is 0.0975 e. The number of hydrogen-bond acceptors (Lipinski definition) is 2. The van der Waals surface area contributed by atoms with E-state index in [9.17, 15) is 0 Å². The largest absolute Gasteiger partial charge is 0.254 e. The fourth-order valence-corrected chi connectivity index (χ4v) is 2.30. The average molecular weight is 259 g/mol. The highest BCUT2D eigenvalue weighted by molar-refractivity contribution is 9.10. The van der Waals surface area contributed by atoms with Crippen LogP contribution in [0.15, 0.2) is 47.2 Å². The summed E-state index contributed by atoms with van der Waals surface area (Å²) in [6.45, 7) is 0. The summed E-state index contributed by atoms with van der Waals surface area (Å²) >= 11 is 3.55. The Morgan fingerprint density at radius 1 is 0.933 bits per heavy atom. The SMILES string of the molecule is Brc1cc2cccnc2c2ncccc12. The third-order valence-electron chi connectivity index (χ3n) is 2.41. The van der Waals surface area contributed by atoms with Gasteiger partial charge in [0.2, 0.25) is 0 Å². The van der Waals surface area contributed by atoms with E-state index < -0.39 is 0 Å². The van der Waals surface area contributed by atoms with Crippen LogP contribution in [0.25, 0.3) is 21.8 Å². The fraction of sp³-hybridized carbons (Fsp3) is 0. The first-order valence-corrected chi connectivity index (χ1v) is 5.43. The number of nitrogens with zero attached hydrogens (tertiary/aromatic N) is 2. The molecular formula is C12H7BrN2. The lowest BCUT2D eigenvalue weighted by Gasteiger charge is -2.03. The summed E-state index contributed by atoms with van der Waals surface area (Å²) in [7, 11) is 0. The molecule has 0 spiro atoms. The minimum Gasteiger partial charge on any atom is -0.254 e. The quantitative estimate of drug-likeness (QED) is 0.577. The molecule has 0 aliphatic rings. The molecule has 3 aromatic rings. The first-order chi connectivity index (χ1) is 7.36. The standard InChI is InChI=1S/C12H7BrN2/c13-10-7-8-3-1-5-14-11(8)12-9(10)4-2-6-15-12/h1-7H. The predicted octanol–water partition coefficient (Wildman–Crippen LogP) is 3.55. The molecule has 1 aromatic carbocycles. The lowest BCUT2D eigenvalue weighted by atomic mass is 10.1. The van der Waals surface area contributed by atoms with Gasteiger partial charge in [-0.2, -0.15) is 0 Å². The van der Waals surface area contributed by atoms with Gasteiger partial charge >= 0.3 is 0 Å². The molecule has 0 unspecified atom stereocenters. The van der Waals surface area contributed by atoms with E-state index in [0.29, 0.717) is 0 Å². The van der Waals surface area contributed by atoms with E-state index in [1.54, 1.807) is 12.4 Å². The number of benzene rings is 1. The first kappa shape index (κ1) is 8.80. The number of pyridine rings is 2. The van der Waals surface area contributed by atoms with Crippen LogP contribution in [0.3, 0.4) is 0 Å². The Morgan fingerprint density at radius 3 is 2.53 bits per heavy atom. The molecule has 0 saturated heterocycles. The Balaban J connectivity index is 2.64. The van der Waals surface area contributed by atoms with Gasteiger partial charge in [-0.3, -0.25) is 9.97 Å². The van der Waals surface area contributed by atoms with Crippen molar-refractivity contribution in [1.82, 2.24) is 9.97 Å². The maximum absolute atomic E-state index is 4.38. The zero-order valence-corrected chi connectivity index (χ0v) is 9.40. The Morgan fingerprint density at radius 2 is 1.67 bits per heavy atom. The molecule has 0 atom stereocenters. The molecule has 0 aliphatic heterocycles. The normalized spacial score (nSPS) is 11.0. The number of halogens is 1. The Labute approximate surface area is 95.1 Å². The number of aromatic nitrogens is 2. The summed E-state index contributed by atoms with van der Waals surface area (Å²) in [6, 6.07) is 10.0. The second-order valence-electron chi connectivity index (χ2n) is 3.33. The van der Waals surface area contributed by atoms with Crippen molar-refractivity contribution in [3.8, 4) is 0 Å². The van der Waals surface area contributed by atoms with Gasteiger partial charge in [0.05, 0.1) is 11.0 Å². The highest BCUT2D eigenvalue weighted by Gasteiger charge is 2.05. The molecule has 2 heterocycles. The van der Waals surface area contributed by atoms with E-state index in [2.05, 4.69) is 32.0 Å². The molecule has 0 radical (unpaired) electrons. The van der Waals surface area contributed by atoms with Gasteiger partial charge in [0, 0.05) is 27.6 Å². The number of rotatable bonds is 0. The van der Waals surface area contributed by atoms with Gasteiger partial charge in [-0.15, -0.1) is 0 Å². The van der Waals surface area contributed by atoms with Gasteiger partial charge < -0.3 is 0 Å². The van der Waals surface area contributed by atoms with Crippen molar-refractivity contribution < 1.29 is 0 Å². The third kappa shape index (κ3) is 1.31. The zero-order valence-electron chi connectivity index (χ0n) is 7.81. The van der Waals surface area contributed by atoms with Crippen molar-refractivity contribution >= 4 is 37.7 Å². The molecule has 0 saturated carbocycles. The highest BCUT2D eigenvalue weighted by atomic mass is 79.9. The lowest BCUT2D eigenvalue weighted by Crippen LogP contribution is -1.85. The molecule has 0 amide bonds. The van der Waals surface area contributed by atoms with Crippen LogP contribution in [0.5, 0.6) is 0 Å². The summed E-state index contributed by atoms with van der Waals surface area (Å²) in [6.07, 6.45) is 3.59. The van der Waals surface area contributed by atoms with Crippen molar-refractivity contribution in [2.75, 3.05) is 0 Å². The van der Waals surface area contributed by atoms with Crippen molar-refractivity contribution in [2.24, 2.45) is 0 Å². The third-order valence-corrected chi connectivity index (χ3v) is 3.07. The van der Waals surface area contributed by atoms with Crippen LogP contribution < -0.4 is 0 Å². The van der Waals surface area contributed by atoms with E-state index >= 15 is 0 Å². The Bertz CT molecular complexity index is 649. The summed E-state index contributed by atoms with van der Waals surface area (Å²) in [4.78, 5) is 8.74. The van der Waals surface area contributed by atoms with Crippen molar-refractivity contribution in [2.45, 2.75) is 0 Å².